The van der Waals surface area contributed by atoms with Gasteiger partial charge in [0.15, 0.2) is 0 Å². The maximum Gasteiger partial charge on any atom is 0.231 e. The van der Waals surface area contributed by atoms with Crippen molar-refractivity contribution in [3.63, 3.8) is 0 Å². The molecule has 0 saturated carbocycles. The summed E-state index contributed by atoms with van der Waals surface area (Å²) in [6.45, 7) is 2.19. The van der Waals surface area contributed by atoms with E-state index in [1.807, 2.05) is 0 Å². The molecule has 1 heterocycles. The Kier molecular flexibility index (Phi) is 5.71. The first-order chi connectivity index (χ1) is 7.76. The monoisotopic (exact) mass is 220 g/mol. The van der Waals surface area contributed by atoms with Crippen molar-refractivity contribution >= 4 is 5.78 Å². The SMILES string of the molecule is C#CC(=O)C=C1CCCC(CCCCC)O1. The van der Waals surface area contributed by atoms with Crippen molar-refractivity contribution in [1.29, 1.82) is 0 Å². The van der Waals surface area contributed by atoms with Crippen molar-refractivity contribution in [2.75, 3.05) is 0 Å². The van der Waals surface area contributed by atoms with Crippen LogP contribution in [0.15, 0.2) is 11.8 Å². The van der Waals surface area contributed by atoms with Crippen LogP contribution in [0.4, 0.5) is 0 Å². The number of allylic oxidation sites excluding steroid dienone is 2. The van der Waals surface area contributed by atoms with E-state index in [9.17, 15) is 4.79 Å². The van der Waals surface area contributed by atoms with Gasteiger partial charge in [-0.15, -0.1) is 6.42 Å². The Morgan fingerprint density at radius 2 is 2.44 bits per heavy atom. The normalized spacial score (nSPS) is 22.5. The van der Waals surface area contributed by atoms with Crippen LogP contribution >= 0.6 is 0 Å². The number of hydrogen-bond donors (Lipinski definition) is 0. The highest BCUT2D eigenvalue weighted by Crippen LogP contribution is 2.25. The van der Waals surface area contributed by atoms with Gasteiger partial charge in [0, 0.05) is 12.5 Å². The Morgan fingerprint density at radius 1 is 1.62 bits per heavy atom. The van der Waals surface area contributed by atoms with Crippen molar-refractivity contribution in [1.82, 2.24) is 0 Å². The molecule has 1 aliphatic heterocycles. The van der Waals surface area contributed by atoms with Crippen molar-refractivity contribution in [3.05, 3.63) is 11.8 Å². The zero-order chi connectivity index (χ0) is 11.8. The molecule has 16 heavy (non-hydrogen) atoms. The summed E-state index contributed by atoms with van der Waals surface area (Å²) in [6.07, 6.45) is 14.6. The molecule has 1 atom stereocenters. The summed E-state index contributed by atoms with van der Waals surface area (Å²) in [7, 11) is 0. The van der Waals surface area contributed by atoms with E-state index in [1.165, 1.54) is 25.3 Å². The van der Waals surface area contributed by atoms with Gasteiger partial charge in [-0.1, -0.05) is 19.8 Å². The summed E-state index contributed by atoms with van der Waals surface area (Å²) >= 11 is 0. The van der Waals surface area contributed by atoms with Gasteiger partial charge in [0.2, 0.25) is 5.78 Å². The number of carbonyl (C=O) groups excluding carboxylic acids is 1. The maximum absolute atomic E-state index is 11.1. The fourth-order valence-electron chi connectivity index (χ4n) is 1.96. The average molecular weight is 220 g/mol. The van der Waals surface area contributed by atoms with Gasteiger partial charge in [0.05, 0.1) is 6.10 Å². The van der Waals surface area contributed by atoms with E-state index in [2.05, 4.69) is 12.8 Å². The van der Waals surface area contributed by atoms with Gasteiger partial charge >= 0.3 is 0 Å². The molecule has 1 aliphatic rings. The second-order valence-electron chi connectivity index (χ2n) is 4.25. The molecule has 1 unspecified atom stereocenters. The number of ketones is 1. The first-order valence-electron chi connectivity index (χ1n) is 6.14. The molecular formula is C14H20O2. The molecule has 0 aromatic carbocycles. The molecule has 2 heteroatoms. The van der Waals surface area contributed by atoms with Crippen molar-refractivity contribution in [3.8, 4) is 12.3 Å². The lowest BCUT2D eigenvalue weighted by Gasteiger charge is -2.25. The van der Waals surface area contributed by atoms with Crippen LogP contribution in [0, 0.1) is 12.3 Å². The topological polar surface area (TPSA) is 26.3 Å². The summed E-state index contributed by atoms with van der Waals surface area (Å²) in [4.78, 5) is 11.1. The molecule has 88 valence electrons. The number of carbonyl (C=O) groups is 1. The summed E-state index contributed by atoms with van der Waals surface area (Å²) in [5.41, 5.74) is 0. The Morgan fingerprint density at radius 3 is 3.12 bits per heavy atom. The van der Waals surface area contributed by atoms with Crippen molar-refractivity contribution < 1.29 is 9.53 Å². The van der Waals surface area contributed by atoms with Gasteiger partial charge in [-0.2, -0.15) is 0 Å². The summed E-state index contributed by atoms with van der Waals surface area (Å²) in [6, 6.07) is 0. The summed E-state index contributed by atoms with van der Waals surface area (Å²) in [5.74, 6) is 2.57. The van der Waals surface area contributed by atoms with Crippen molar-refractivity contribution in [2.45, 2.75) is 58.0 Å². The van der Waals surface area contributed by atoms with E-state index in [1.54, 1.807) is 0 Å². The van der Waals surface area contributed by atoms with Crippen LogP contribution in [-0.4, -0.2) is 11.9 Å². The van der Waals surface area contributed by atoms with Crippen LogP contribution in [0.2, 0.25) is 0 Å². The number of unbranched alkanes of at least 4 members (excludes halogenated alkanes) is 2. The predicted octanol–water partition coefficient (Wildman–Crippen LogP) is 3.22. The third-order valence-electron chi connectivity index (χ3n) is 2.83. The smallest absolute Gasteiger partial charge is 0.231 e. The molecule has 0 aromatic heterocycles. The van der Waals surface area contributed by atoms with E-state index in [0.717, 1.165) is 31.4 Å². The molecule has 2 nitrogen and oxygen atoms in total. The minimum Gasteiger partial charge on any atom is -0.495 e. The van der Waals surface area contributed by atoms with Crippen LogP contribution in [-0.2, 0) is 9.53 Å². The lowest BCUT2D eigenvalue weighted by molar-refractivity contribution is -0.110. The fraction of sp³-hybridized carbons (Fsp3) is 0.643. The minimum absolute atomic E-state index is 0.288. The van der Waals surface area contributed by atoms with Gasteiger partial charge in [-0.3, -0.25) is 4.79 Å². The molecule has 0 amide bonds. The lowest BCUT2D eigenvalue weighted by Crippen LogP contribution is -2.18. The van der Waals surface area contributed by atoms with E-state index in [-0.39, 0.29) is 11.9 Å². The Hall–Kier alpha value is -1.23. The second-order valence-corrected chi connectivity index (χ2v) is 4.25. The maximum atomic E-state index is 11.1. The Labute approximate surface area is 98.1 Å². The number of rotatable bonds is 5. The summed E-state index contributed by atoms with van der Waals surface area (Å²) in [5, 5.41) is 0. The molecule has 1 fully saturated rings. The molecule has 0 radical (unpaired) electrons. The molecule has 0 aromatic rings. The van der Waals surface area contributed by atoms with E-state index >= 15 is 0 Å². The third kappa shape index (κ3) is 4.53. The van der Waals surface area contributed by atoms with Crippen LogP contribution in [0.3, 0.4) is 0 Å². The van der Waals surface area contributed by atoms with Gasteiger partial charge in [0.25, 0.3) is 0 Å². The molecule has 0 spiro atoms. The highest BCUT2D eigenvalue weighted by Gasteiger charge is 2.17. The molecule has 0 aliphatic carbocycles. The number of terminal acetylenes is 1. The number of ether oxygens (including phenoxy) is 1. The molecule has 0 N–H and O–H groups in total. The van der Waals surface area contributed by atoms with E-state index < -0.39 is 0 Å². The fourth-order valence-corrected chi connectivity index (χ4v) is 1.96. The highest BCUT2D eigenvalue weighted by atomic mass is 16.5. The quantitative estimate of drug-likeness (QED) is 0.308. The zero-order valence-corrected chi connectivity index (χ0v) is 10.00. The van der Waals surface area contributed by atoms with Crippen LogP contribution < -0.4 is 0 Å². The zero-order valence-electron chi connectivity index (χ0n) is 10.00. The highest BCUT2D eigenvalue weighted by molar-refractivity contribution is 6.03. The lowest BCUT2D eigenvalue weighted by atomic mass is 10.0. The van der Waals surface area contributed by atoms with E-state index in [0.29, 0.717) is 0 Å². The first-order valence-corrected chi connectivity index (χ1v) is 6.14. The average Bonchev–Trinajstić information content (AvgIpc) is 2.30. The number of hydrogen-bond acceptors (Lipinski definition) is 2. The predicted molar refractivity (Wildman–Crippen MR) is 64.8 cm³/mol. The Balaban J connectivity index is 2.38. The van der Waals surface area contributed by atoms with Gasteiger partial charge in [-0.25, -0.2) is 0 Å². The molecule has 0 bridgehead atoms. The second kappa shape index (κ2) is 7.11. The standard InChI is InChI=1S/C14H20O2/c1-3-5-6-8-13-9-7-10-14(16-13)11-12(15)4-2/h2,11,13H,3,5-10H2,1H3. The van der Waals surface area contributed by atoms with Crippen LogP contribution in [0.1, 0.15) is 51.9 Å². The van der Waals surface area contributed by atoms with Gasteiger partial charge in [0.1, 0.15) is 5.76 Å². The Bertz CT molecular complexity index is 296. The van der Waals surface area contributed by atoms with Crippen LogP contribution in [0.5, 0.6) is 0 Å². The minimum atomic E-state index is -0.288. The molecule has 1 saturated heterocycles. The molecular weight excluding hydrogens is 200 g/mol. The first kappa shape index (κ1) is 12.8. The van der Waals surface area contributed by atoms with Crippen LogP contribution in [0.25, 0.3) is 0 Å². The molecule has 1 rings (SSSR count). The largest absolute Gasteiger partial charge is 0.495 e. The summed E-state index contributed by atoms with van der Waals surface area (Å²) < 4.78 is 5.75. The third-order valence-corrected chi connectivity index (χ3v) is 2.83. The van der Waals surface area contributed by atoms with Crippen molar-refractivity contribution in [2.24, 2.45) is 0 Å². The van der Waals surface area contributed by atoms with Gasteiger partial charge < -0.3 is 4.74 Å². The van der Waals surface area contributed by atoms with E-state index in [4.69, 9.17) is 11.2 Å². The van der Waals surface area contributed by atoms with Gasteiger partial charge in [-0.05, 0) is 31.6 Å².